The zero-order valence-corrected chi connectivity index (χ0v) is 10.2. The van der Waals surface area contributed by atoms with Gasteiger partial charge in [-0.2, -0.15) is 0 Å². The minimum Gasteiger partial charge on any atom is -0.392 e. The van der Waals surface area contributed by atoms with Crippen LogP contribution in [0.15, 0.2) is 0 Å². The number of carbonyl (C=O) groups is 1. The largest absolute Gasteiger partial charge is 0.392 e. The van der Waals surface area contributed by atoms with Gasteiger partial charge in [0.1, 0.15) is 5.78 Å². The first-order valence-corrected chi connectivity index (χ1v) is 5.82. The number of carbonyl (C=O) groups excluding carboxylic acids is 1. The van der Waals surface area contributed by atoms with Crippen LogP contribution in [0, 0.1) is 11.8 Å². The molecule has 0 radical (unpaired) electrons. The summed E-state index contributed by atoms with van der Waals surface area (Å²) in [4.78, 5) is 11.4. The molecule has 0 heterocycles. The van der Waals surface area contributed by atoms with Crippen molar-refractivity contribution >= 4 is 5.78 Å². The molecule has 0 amide bonds. The fourth-order valence-corrected chi connectivity index (χ4v) is 1.81. The van der Waals surface area contributed by atoms with Gasteiger partial charge in [0.15, 0.2) is 0 Å². The van der Waals surface area contributed by atoms with E-state index in [1.807, 2.05) is 20.8 Å². The Morgan fingerprint density at radius 1 is 1.27 bits per heavy atom. The predicted molar refractivity (Wildman–Crippen MR) is 60.5 cm³/mol. The van der Waals surface area contributed by atoms with Crippen LogP contribution in [0.5, 0.6) is 0 Å². The molecular weight excluding hydrogens is 192 g/mol. The van der Waals surface area contributed by atoms with Crippen LogP contribution < -0.4 is 0 Å². The highest BCUT2D eigenvalue weighted by molar-refractivity contribution is 5.79. The third-order valence-corrected chi connectivity index (χ3v) is 3.06. The minimum atomic E-state index is -0.728. The first-order chi connectivity index (χ1) is 6.95. The van der Waals surface area contributed by atoms with Crippen molar-refractivity contribution in [3.63, 3.8) is 0 Å². The van der Waals surface area contributed by atoms with Crippen molar-refractivity contribution < 1.29 is 15.0 Å². The van der Waals surface area contributed by atoms with Gasteiger partial charge in [-0.05, 0) is 19.3 Å². The molecule has 0 saturated heterocycles. The molecule has 3 heteroatoms. The molecule has 0 aromatic rings. The molecule has 0 aliphatic heterocycles. The lowest BCUT2D eigenvalue weighted by molar-refractivity contribution is -0.131. The third-order valence-electron chi connectivity index (χ3n) is 3.06. The van der Waals surface area contributed by atoms with Gasteiger partial charge >= 0.3 is 0 Å². The normalized spacial score (nSPS) is 19.3. The Bertz CT molecular complexity index is 191. The number of ketones is 1. The van der Waals surface area contributed by atoms with Gasteiger partial charge in [0.25, 0.3) is 0 Å². The molecule has 4 unspecified atom stereocenters. The van der Waals surface area contributed by atoms with E-state index in [-0.39, 0.29) is 11.7 Å². The summed E-state index contributed by atoms with van der Waals surface area (Å²) in [6, 6.07) is 0. The molecule has 0 aliphatic carbocycles. The summed E-state index contributed by atoms with van der Waals surface area (Å²) < 4.78 is 0. The molecule has 0 spiro atoms. The second-order valence-corrected chi connectivity index (χ2v) is 4.37. The Hall–Kier alpha value is -0.410. The lowest BCUT2D eigenvalue weighted by Gasteiger charge is -2.28. The van der Waals surface area contributed by atoms with Crippen LogP contribution in [0.3, 0.4) is 0 Å². The van der Waals surface area contributed by atoms with Crippen LogP contribution in [0.4, 0.5) is 0 Å². The highest BCUT2D eigenvalue weighted by atomic mass is 16.3. The first kappa shape index (κ1) is 14.6. The fraction of sp³-hybridized carbons (Fsp3) is 0.917. The number of aliphatic hydroxyl groups excluding tert-OH is 2. The SMILES string of the molecule is CCCC(O)C(C(C)=O)C(O)C(C)CC. The van der Waals surface area contributed by atoms with Crippen molar-refractivity contribution in [1.29, 1.82) is 0 Å². The van der Waals surface area contributed by atoms with Crippen molar-refractivity contribution in [2.45, 2.75) is 59.2 Å². The number of Topliss-reactive ketones (excluding diaryl/α,β-unsaturated/α-hetero) is 1. The van der Waals surface area contributed by atoms with Gasteiger partial charge in [0.2, 0.25) is 0 Å². The predicted octanol–water partition coefficient (Wildman–Crippen LogP) is 1.76. The molecule has 15 heavy (non-hydrogen) atoms. The molecule has 3 nitrogen and oxygen atoms in total. The molecule has 0 saturated carbocycles. The van der Waals surface area contributed by atoms with Crippen LogP contribution in [-0.2, 0) is 4.79 Å². The summed E-state index contributed by atoms with van der Waals surface area (Å²) in [6.07, 6.45) is 0.755. The number of aliphatic hydroxyl groups is 2. The van der Waals surface area contributed by atoms with E-state index in [1.165, 1.54) is 6.92 Å². The second-order valence-electron chi connectivity index (χ2n) is 4.37. The molecule has 2 N–H and O–H groups in total. The Balaban J connectivity index is 4.57. The minimum absolute atomic E-state index is 0.0467. The number of rotatable bonds is 7. The third kappa shape index (κ3) is 4.31. The topological polar surface area (TPSA) is 57.5 Å². The van der Waals surface area contributed by atoms with Gasteiger partial charge in [0.05, 0.1) is 18.1 Å². The van der Waals surface area contributed by atoms with Gasteiger partial charge in [-0.15, -0.1) is 0 Å². The maximum atomic E-state index is 11.4. The van der Waals surface area contributed by atoms with E-state index < -0.39 is 18.1 Å². The average Bonchev–Trinajstić information content (AvgIpc) is 2.16. The van der Waals surface area contributed by atoms with Crippen molar-refractivity contribution in [2.75, 3.05) is 0 Å². The van der Waals surface area contributed by atoms with E-state index in [0.29, 0.717) is 6.42 Å². The van der Waals surface area contributed by atoms with Gasteiger partial charge in [-0.1, -0.05) is 33.6 Å². The van der Waals surface area contributed by atoms with E-state index in [4.69, 9.17) is 0 Å². The number of hydrogen-bond acceptors (Lipinski definition) is 3. The van der Waals surface area contributed by atoms with E-state index in [0.717, 1.165) is 12.8 Å². The maximum absolute atomic E-state index is 11.4. The Morgan fingerprint density at radius 2 is 1.80 bits per heavy atom. The van der Waals surface area contributed by atoms with Crippen LogP contribution in [0.1, 0.15) is 47.0 Å². The van der Waals surface area contributed by atoms with Crippen LogP contribution in [0.25, 0.3) is 0 Å². The Morgan fingerprint density at radius 3 is 2.13 bits per heavy atom. The lowest BCUT2D eigenvalue weighted by atomic mass is 9.83. The zero-order chi connectivity index (χ0) is 12.0. The molecule has 0 aliphatic rings. The molecule has 0 aromatic heterocycles. The quantitative estimate of drug-likeness (QED) is 0.681. The highest BCUT2D eigenvalue weighted by Gasteiger charge is 2.32. The summed E-state index contributed by atoms with van der Waals surface area (Å²) in [5, 5.41) is 19.8. The van der Waals surface area contributed by atoms with Crippen LogP contribution >= 0.6 is 0 Å². The highest BCUT2D eigenvalue weighted by Crippen LogP contribution is 2.22. The molecule has 0 aromatic carbocycles. The fourth-order valence-electron chi connectivity index (χ4n) is 1.81. The Kier molecular flexibility index (Phi) is 6.77. The lowest BCUT2D eigenvalue weighted by Crippen LogP contribution is -2.40. The number of hydrogen-bond donors (Lipinski definition) is 2. The summed E-state index contributed by atoms with van der Waals surface area (Å²) >= 11 is 0. The Labute approximate surface area is 92.5 Å². The summed E-state index contributed by atoms with van der Waals surface area (Å²) in [7, 11) is 0. The first-order valence-electron chi connectivity index (χ1n) is 5.82. The average molecular weight is 216 g/mol. The van der Waals surface area contributed by atoms with Crippen molar-refractivity contribution in [3.8, 4) is 0 Å². The summed E-state index contributed by atoms with van der Waals surface area (Å²) in [6.45, 7) is 7.27. The molecule has 0 bridgehead atoms. The van der Waals surface area contributed by atoms with E-state index in [9.17, 15) is 15.0 Å². The van der Waals surface area contributed by atoms with E-state index in [1.54, 1.807) is 0 Å². The summed E-state index contributed by atoms with van der Waals surface area (Å²) in [5.74, 6) is -0.700. The van der Waals surface area contributed by atoms with Gasteiger partial charge < -0.3 is 10.2 Å². The summed E-state index contributed by atoms with van der Waals surface area (Å²) in [5.41, 5.74) is 0. The van der Waals surface area contributed by atoms with Crippen LogP contribution in [-0.4, -0.2) is 28.2 Å². The monoisotopic (exact) mass is 216 g/mol. The molecule has 0 fully saturated rings. The second kappa shape index (κ2) is 6.96. The van der Waals surface area contributed by atoms with Crippen LogP contribution in [0.2, 0.25) is 0 Å². The maximum Gasteiger partial charge on any atom is 0.138 e. The smallest absolute Gasteiger partial charge is 0.138 e. The molecular formula is C12H24O3. The van der Waals surface area contributed by atoms with E-state index >= 15 is 0 Å². The van der Waals surface area contributed by atoms with Gasteiger partial charge in [-0.3, -0.25) is 4.79 Å². The zero-order valence-electron chi connectivity index (χ0n) is 10.2. The van der Waals surface area contributed by atoms with Crippen molar-refractivity contribution in [2.24, 2.45) is 11.8 Å². The molecule has 4 atom stereocenters. The molecule has 90 valence electrons. The van der Waals surface area contributed by atoms with Gasteiger partial charge in [0, 0.05) is 0 Å². The molecule has 0 rings (SSSR count). The van der Waals surface area contributed by atoms with Crippen molar-refractivity contribution in [1.82, 2.24) is 0 Å². The van der Waals surface area contributed by atoms with Crippen molar-refractivity contribution in [3.05, 3.63) is 0 Å². The van der Waals surface area contributed by atoms with Gasteiger partial charge in [-0.25, -0.2) is 0 Å². The van der Waals surface area contributed by atoms with E-state index in [2.05, 4.69) is 0 Å². The standard InChI is InChI=1S/C12H24O3/c1-5-7-10(14)11(9(4)13)12(15)8(3)6-2/h8,10-12,14-15H,5-7H2,1-4H3.